The highest BCUT2D eigenvalue weighted by atomic mass is 16.2. The number of nitrogens with zero attached hydrogens (tertiary/aromatic N) is 2. The van der Waals surface area contributed by atoms with Crippen molar-refractivity contribution in [3.05, 3.63) is 30.1 Å². The summed E-state index contributed by atoms with van der Waals surface area (Å²) in [6.45, 7) is 3.21. The fourth-order valence-corrected chi connectivity index (χ4v) is 2.08. The van der Waals surface area contributed by atoms with Crippen LogP contribution in [0.2, 0.25) is 0 Å². The summed E-state index contributed by atoms with van der Waals surface area (Å²) in [4.78, 5) is 18.0. The van der Waals surface area contributed by atoms with Crippen molar-refractivity contribution in [3.8, 4) is 0 Å². The van der Waals surface area contributed by atoms with E-state index in [1.165, 1.54) is 19.3 Å². The molecular weight excluding hydrogens is 214 g/mol. The first-order chi connectivity index (χ1) is 8.34. The van der Waals surface area contributed by atoms with Crippen LogP contribution in [0.25, 0.3) is 0 Å². The molecule has 0 aliphatic carbocycles. The number of carbonyl (C=O) groups is 1. The molecule has 17 heavy (non-hydrogen) atoms. The lowest BCUT2D eigenvalue weighted by atomic mass is 10.1. The lowest BCUT2D eigenvalue weighted by molar-refractivity contribution is -0.122. The summed E-state index contributed by atoms with van der Waals surface area (Å²) in [5, 5.41) is 2.93. The minimum atomic E-state index is 0.107. The van der Waals surface area contributed by atoms with Gasteiger partial charge in [0.05, 0.1) is 6.54 Å². The van der Waals surface area contributed by atoms with E-state index >= 15 is 0 Å². The minimum absolute atomic E-state index is 0.107. The minimum Gasteiger partial charge on any atom is -0.351 e. The van der Waals surface area contributed by atoms with Gasteiger partial charge in [-0.2, -0.15) is 0 Å². The molecule has 0 unspecified atom stereocenters. The molecule has 1 aliphatic rings. The molecule has 0 radical (unpaired) electrons. The quantitative estimate of drug-likeness (QED) is 0.849. The summed E-state index contributed by atoms with van der Waals surface area (Å²) in [5.41, 5.74) is 1.04. The van der Waals surface area contributed by atoms with Crippen LogP contribution >= 0.6 is 0 Å². The molecule has 0 atom stereocenters. The van der Waals surface area contributed by atoms with Crippen molar-refractivity contribution < 1.29 is 4.79 Å². The molecule has 1 N–H and O–H groups in total. The molecule has 1 fully saturated rings. The third-order valence-corrected chi connectivity index (χ3v) is 3.03. The Morgan fingerprint density at radius 2 is 2.18 bits per heavy atom. The summed E-state index contributed by atoms with van der Waals surface area (Å²) < 4.78 is 0. The predicted molar refractivity (Wildman–Crippen MR) is 66.4 cm³/mol. The molecular formula is C13H19N3O. The SMILES string of the molecule is O=C(CN1CCCCC1)NCc1cccnc1. The molecule has 1 aromatic heterocycles. The van der Waals surface area contributed by atoms with Gasteiger partial charge < -0.3 is 5.32 Å². The molecule has 1 saturated heterocycles. The number of amides is 1. The lowest BCUT2D eigenvalue weighted by Gasteiger charge is -2.25. The average molecular weight is 233 g/mol. The summed E-state index contributed by atoms with van der Waals surface area (Å²) in [7, 11) is 0. The molecule has 2 heterocycles. The van der Waals surface area contributed by atoms with E-state index < -0.39 is 0 Å². The largest absolute Gasteiger partial charge is 0.351 e. The zero-order valence-electron chi connectivity index (χ0n) is 10.1. The molecule has 1 aromatic rings. The van der Waals surface area contributed by atoms with Crippen molar-refractivity contribution >= 4 is 5.91 Å². The van der Waals surface area contributed by atoms with Crippen LogP contribution in [0.15, 0.2) is 24.5 Å². The Labute approximate surface area is 102 Å². The van der Waals surface area contributed by atoms with Gasteiger partial charge >= 0.3 is 0 Å². The highest BCUT2D eigenvalue weighted by Gasteiger charge is 2.13. The van der Waals surface area contributed by atoms with E-state index in [-0.39, 0.29) is 5.91 Å². The Hall–Kier alpha value is -1.42. The molecule has 4 nitrogen and oxygen atoms in total. The molecule has 1 amide bonds. The van der Waals surface area contributed by atoms with E-state index in [0.717, 1.165) is 18.7 Å². The van der Waals surface area contributed by atoms with Crippen LogP contribution in [-0.4, -0.2) is 35.4 Å². The first kappa shape index (κ1) is 12.0. The Morgan fingerprint density at radius 3 is 2.88 bits per heavy atom. The van der Waals surface area contributed by atoms with E-state index in [1.807, 2.05) is 12.1 Å². The van der Waals surface area contributed by atoms with Crippen LogP contribution in [-0.2, 0) is 11.3 Å². The van der Waals surface area contributed by atoms with Gasteiger partial charge in [0.25, 0.3) is 0 Å². The van der Waals surface area contributed by atoms with Crippen molar-refractivity contribution in [1.82, 2.24) is 15.2 Å². The van der Waals surface area contributed by atoms with Crippen LogP contribution in [0, 0.1) is 0 Å². The van der Waals surface area contributed by atoms with E-state index in [1.54, 1.807) is 12.4 Å². The van der Waals surface area contributed by atoms with E-state index in [9.17, 15) is 4.79 Å². The van der Waals surface area contributed by atoms with Gasteiger partial charge in [0.15, 0.2) is 0 Å². The van der Waals surface area contributed by atoms with E-state index in [2.05, 4.69) is 15.2 Å². The van der Waals surface area contributed by atoms with Gasteiger partial charge in [-0.25, -0.2) is 0 Å². The summed E-state index contributed by atoms with van der Waals surface area (Å²) in [5.74, 6) is 0.107. The van der Waals surface area contributed by atoms with Crippen molar-refractivity contribution in [2.45, 2.75) is 25.8 Å². The van der Waals surface area contributed by atoms with Gasteiger partial charge in [-0.05, 0) is 37.6 Å². The van der Waals surface area contributed by atoms with Gasteiger partial charge in [0, 0.05) is 18.9 Å². The topological polar surface area (TPSA) is 45.2 Å². The van der Waals surface area contributed by atoms with Crippen LogP contribution < -0.4 is 5.32 Å². The molecule has 0 saturated carbocycles. The number of likely N-dealkylation sites (tertiary alicyclic amines) is 1. The third-order valence-electron chi connectivity index (χ3n) is 3.03. The van der Waals surface area contributed by atoms with E-state index in [4.69, 9.17) is 0 Å². The summed E-state index contributed by atoms with van der Waals surface area (Å²) >= 11 is 0. The molecule has 0 aromatic carbocycles. The van der Waals surface area contributed by atoms with Gasteiger partial charge in [-0.15, -0.1) is 0 Å². The van der Waals surface area contributed by atoms with E-state index in [0.29, 0.717) is 13.1 Å². The first-order valence-corrected chi connectivity index (χ1v) is 6.22. The molecule has 0 spiro atoms. The molecule has 92 valence electrons. The number of hydrogen-bond acceptors (Lipinski definition) is 3. The van der Waals surface area contributed by atoms with Crippen LogP contribution in [0.4, 0.5) is 0 Å². The fraction of sp³-hybridized carbons (Fsp3) is 0.538. The number of piperidine rings is 1. The number of carbonyl (C=O) groups excluding carboxylic acids is 1. The number of nitrogens with one attached hydrogen (secondary N) is 1. The maximum absolute atomic E-state index is 11.7. The summed E-state index contributed by atoms with van der Waals surface area (Å²) in [6.07, 6.45) is 7.25. The Morgan fingerprint density at radius 1 is 1.35 bits per heavy atom. The normalized spacial score (nSPS) is 16.7. The highest BCUT2D eigenvalue weighted by molar-refractivity contribution is 5.77. The van der Waals surface area contributed by atoms with Crippen molar-refractivity contribution in [1.29, 1.82) is 0 Å². The number of aromatic nitrogens is 1. The Kier molecular flexibility index (Phi) is 4.50. The molecule has 0 bridgehead atoms. The Bertz CT molecular complexity index is 347. The van der Waals surface area contributed by atoms with Crippen molar-refractivity contribution in [2.75, 3.05) is 19.6 Å². The maximum Gasteiger partial charge on any atom is 0.234 e. The number of hydrogen-bond donors (Lipinski definition) is 1. The Balaban J connectivity index is 1.70. The number of rotatable bonds is 4. The zero-order chi connectivity index (χ0) is 11.9. The third kappa shape index (κ3) is 4.15. The maximum atomic E-state index is 11.7. The van der Waals surface area contributed by atoms with Gasteiger partial charge in [-0.3, -0.25) is 14.7 Å². The van der Waals surface area contributed by atoms with Crippen LogP contribution in [0.5, 0.6) is 0 Å². The van der Waals surface area contributed by atoms with Gasteiger partial charge in [0.2, 0.25) is 5.91 Å². The molecule has 2 rings (SSSR count). The van der Waals surface area contributed by atoms with Crippen molar-refractivity contribution in [3.63, 3.8) is 0 Å². The monoisotopic (exact) mass is 233 g/mol. The van der Waals surface area contributed by atoms with Crippen LogP contribution in [0.1, 0.15) is 24.8 Å². The summed E-state index contributed by atoms with van der Waals surface area (Å²) in [6, 6.07) is 3.85. The second-order valence-corrected chi connectivity index (χ2v) is 4.47. The van der Waals surface area contributed by atoms with Gasteiger partial charge in [-0.1, -0.05) is 12.5 Å². The first-order valence-electron chi connectivity index (χ1n) is 6.22. The zero-order valence-corrected chi connectivity index (χ0v) is 10.1. The molecule has 1 aliphatic heterocycles. The lowest BCUT2D eigenvalue weighted by Crippen LogP contribution is -2.39. The second-order valence-electron chi connectivity index (χ2n) is 4.47. The fourth-order valence-electron chi connectivity index (χ4n) is 2.08. The predicted octanol–water partition coefficient (Wildman–Crippen LogP) is 1.18. The van der Waals surface area contributed by atoms with Crippen molar-refractivity contribution in [2.24, 2.45) is 0 Å². The average Bonchev–Trinajstić information content (AvgIpc) is 2.39. The second kappa shape index (κ2) is 6.35. The standard InChI is InChI=1S/C13H19N3O/c17-13(11-16-7-2-1-3-8-16)15-10-12-5-4-6-14-9-12/h4-6,9H,1-3,7-8,10-11H2,(H,15,17). The smallest absolute Gasteiger partial charge is 0.234 e. The number of pyridine rings is 1. The van der Waals surface area contributed by atoms with Crippen LogP contribution in [0.3, 0.4) is 0 Å². The highest BCUT2D eigenvalue weighted by Crippen LogP contribution is 2.07. The van der Waals surface area contributed by atoms with Gasteiger partial charge in [0.1, 0.15) is 0 Å². The molecule has 4 heteroatoms.